The van der Waals surface area contributed by atoms with Crippen molar-refractivity contribution in [2.75, 3.05) is 24.6 Å². The van der Waals surface area contributed by atoms with Gasteiger partial charge in [-0.05, 0) is 19.1 Å². The molecule has 0 N–H and O–H groups in total. The van der Waals surface area contributed by atoms with Crippen LogP contribution in [0.4, 0.5) is 0 Å². The molecule has 0 aliphatic carbocycles. The fourth-order valence-corrected chi connectivity index (χ4v) is 5.12. The zero-order valence-electron chi connectivity index (χ0n) is 9.72. The molecule has 5 heteroatoms. The quantitative estimate of drug-likeness (QED) is 0.820. The zero-order valence-corrected chi connectivity index (χ0v) is 11.4. The molecule has 17 heavy (non-hydrogen) atoms. The molecule has 3 nitrogen and oxygen atoms in total. The molecular formula is C12H15NO2S2. The Morgan fingerprint density at radius 1 is 1.18 bits per heavy atom. The Hall–Kier alpha value is -0.520. The Morgan fingerprint density at radius 2 is 1.76 bits per heavy atom. The number of benzene rings is 1. The second kappa shape index (κ2) is 3.73. The van der Waals surface area contributed by atoms with Crippen molar-refractivity contribution in [3.63, 3.8) is 0 Å². The molecule has 0 aromatic heterocycles. The monoisotopic (exact) mass is 269 g/mol. The van der Waals surface area contributed by atoms with E-state index in [2.05, 4.69) is 0 Å². The lowest BCUT2D eigenvalue weighted by atomic mass is 9.85. The van der Waals surface area contributed by atoms with E-state index in [1.54, 1.807) is 16.4 Å². The van der Waals surface area contributed by atoms with Gasteiger partial charge in [0.2, 0.25) is 10.0 Å². The van der Waals surface area contributed by atoms with Crippen LogP contribution in [-0.4, -0.2) is 37.3 Å². The second-order valence-electron chi connectivity index (χ2n) is 5.08. The van der Waals surface area contributed by atoms with E-state index in [-0.39, 0.29) is 0 Å². The van der Waals surface area contributed by atoms with Crippen LogP contribution in [0.15, 0.2) is 29.2 Å². The normalized spacial score (nSPS) is 23.1. The van der Waals surface area contributed by atoms with E-state index >= 15 is 0 Å². The van der Waals surface area contributed by atoms with Crippen LogP contribution in [0, 0.1) is 12.3 Å². The molecule has 0 amide bonds. The van der Waals surface area contributed by atoms with Gasteiger partial charge in [0.05, 0.1) is 4.90 Å². The van der Waals surface area contributed by atoms with E-state index in [1.807, 2.05) is 30.8 Å². The maximum atomic E-state index is 12.3. The van der Waals surface area contributed by atoms with Crippen LogP contribution in [-0.2, 0) is 10.0 Å². The van der Waals surface area contributed by atoms with Crippen LogP contribution in [0.5, 0.6) is 0 Å². The summed E-state index contributed by atoms with van der Waals surface area (Å²) in [5.41, 5.74) is 1.39. The second-order valence-corrected chi connectivity index (χ2v) is 8.00. The van der Waals surface area contributed by atoms with E-state index in [0.29, 0.717) is 23.4 Å². The molecule has 0 saturated carbocycles. The third kappa shape index (κ3) is 1.80. The first-order chi connectivity index (χ1) is 8.02. The predicted octanol–water partition coefficient (Wildman–Crippen LogP) is 1.73. The lowest BCUT2D eigenvalue weighted by Crippen LogP contribution is -2.64. The minimum Gasteiger partial charge on any atom is -0.207 e. The van der Waals surface area contributed by atoms with Gasteiger partial charge in [-0.15, -0.1) is 0 Å². The highest BCUT2D eigenvalue weighted by molar-refractivity contribution is 8.00. The SMILES string of the molecule is Cc1ccc(S(=O)(=O)N2CC3(CSC3)C2)cc1. The first kappa shape index (κ1) is 11.6. The summed E-state index contributed by atoms with van der Waals surface area (Å²) in [6, 6.07) is 7.10. The number of hydrogen-bond donors (Lipinski definition) is 0. The summed E-state index contributed by atoms with van der Waals surface area (Å²) in [5.74, 6) is 2.24. The van der Waals surface area contributed by atoms with Crippen molar-refractivity contribution in [2.24, 2.45) is 5.41 Å². The summed E-state index contributed by atoms with van der Waals surface area (Å²) in [5, 5.41) is 0. The molecule has 0 unspecified atom stereocenters. The summed E-state index contributed by atoms with van der Waals surface area (Å²) in [6.45, 7) is 3.37. The Kier molecular flexibility index (Phi) is 2.54. The maximum absolute atomic E-state index is 12.3. The van der Waals surface area contributed by atoms with Crippen molar-refractivity contribution >= 4 is 21.8 Å². The zero-order chi connectivity index (χ0) is 12.1. The summed E-state index contributed by atoms with van der Waals surface area (Å²) in [4.78, 5) is 0.421. The first-order valence-electron chi connectivity index (χ1n) is 5.67. The Morgan fingerprint density at radius 3 is 2.24 bits per heavy atom. The van der Waals surface area contributed by atoms with Gasteiger partial charge in [0.15, 0.2) is 0 Å². The maximum Gasteiger partial charge on any atom is 0.243 e. The molecule has 2 aliphatic rings. The third-order valence-electron chi connectivity index (χ3n) is 3.50. The molecule has 92 valence electrons. The van der Waals surface area contributed by atoms with Gasteiger partial charge >= 0.3 is 0 Å². The van der Waals surface area contributed by atoms with E-state index in [9.17, 15) is 8.42 Å². The van der Waals surface area contributed by atoms with Crippen molar-refractivity contribution in [1.29, 1.82) is 0 Å². The smallest absolute Gasteiger partial charge is 0.207 e. The number of rotatable bonds is 2. The van der Waals surface area contributed by atoms with E-state index in [0.717, 1.165) is 17.1 Å². The summed E-state index contributed by atoms with van der Waals surface area (Å²) in [7, 11) is -3.24. The van der Waals surface area contributed by atoms with Gasteiger partial charge in [0, 0.05) is 30.0 Å². The fraction of sp³-hybridized carbons (Fsp3) is 0.500. The van der Waals surface area contributed by atoms with Crippen LogP contribution >= 0.6 is 11.8 Å². The molecule has 2 saturated heterocycles. The van der Waals surface area contributed by atoms with Crippen molar-refractivity contribution in [3.05, 3.63) is 29.8 Å². The Labute approximate surface area is 106 Å². The molecule has 2 heterocycles. The van der Waals surface area contributed by atoms with Crippen LogP contribution in [0.2, 0.25) is 0 Å². The molecule has 1 spiro atoms. The molecule has 1 aromatic carbocycles. The molecule has 0 atom stereocenters. The van der Waals surface area contributed by atoms with Crippen LogP contribution in [0.25, 0.3) is 0 Å². The molecular weight excluding hydrogens is 254 g/mol. The van der Waals surface area contributed by atoms with Gasteiger partial charge < -0.3 is 0 Å². The van der Waals surface area contributed by atoms with Crippen molar-refractivity contribution in [1.82, 2.24) is 4.31 Å². The highest BCUT2D eigenvalue weighted by atomic mass is 32.2. The molecule has 2 fully saturated rings. The number of aryl methyl sites for hydroxylation is 1. The van der Waals surface area contributed by atoms with Gasteiger partial charge in [-0.3, -0.25) is 0 Å². The minimum absolute atomic E-state index is 0.308. The number of thioether (sulfide) groups is 1. The summed E-state index contributed by atoms with van der Waals surface area (Å²) < 4.78 is 26.2. The van der Waals surface area contributed by atoms with Crippen LogP contribution < -0.4 is 0 Å². The van der Waals surface area contributed by atoms with E-state index in [4.69, 9.17) is 0 Å². The van der Waals surface area contributed by atoms with Crippen LogP contribution in [0.3, 0.4) is 0 Å². The molecule has 0 bridgehead atoms. The number of hydrogen-bond acceptors (Lipinski definition) is 3. The summed E-state index contributed by atoms with van der Waals surface area (Å²) in [6.07, 6.45) is 0. The molecule has 0 radical (unpaired) electrons. The Bertz CT molecular complexity index is 524. The van der Waals surface area contributed by atoms with Crippen molar-refractivity contribution < 1.29 is 8.42 Å². The molecule has 2 aliphatic heterocycles. The van der Waals surface area contributed by atoms with Gasteiger partial charge in [-0.1, -0.05) is 17.7 Å². The lowest BCUT2D eigenvalue weighted by molar-refractivity contribution is 0.109. The largest absolute Gasteiger partial charge is 0.243 e. The number of nitrogens with zero attached hydrogens (tertiary/aromatic N) is 1. The predicted molar refractivity (Wildman–Crippen MR) is 69.7 cm³/mol. The minimum atomic E-state index is -3.24. The van der Waals surface area contributed by atoms with Gasteiger partial charge in [0.25, 0.3) is 0 Å². The van der Waals surface area contributed by atoms with E-state index < -0.39 is 10.0 Å². The average Bonchev–Trinajstić information content (AvgIpc) is 2.13. The van der Waals surface area contributed by atoms with Crippen LogP contribution in [0.1, 0.15) is 5.56 Å². The highest BCUT2D eigenvalue weighted by Crippen LogP contribution is 2.46. The van der Waals surface area contributed by atoms with Gasteiger partial charge in [-0.2, -0.15) is 16.1 Å². The Balaban J connectivity index is 1.80. The molecule has 3 rings (SSSR count). The topological polar surface area (TPSA) is 37.4 Å². The first-order valence-corrected chi connectivity index (χ1v) is 8.26. The van der Waals surface area contributed by atoms with Crippen molar-refractivity contribution in [2.45, 2.75) is 11.8 Å². The highest BCUT2D eigenvalue weighted by Gasteiger charge is 2.52. The van der Waals surface area contributed by atoms with Gasteiger partial charge in [-0.25, -0.2) is 8.42 Å². The average molecular weight is 269 g/mol. The molecule has 1 aromatic rings. The van der Waals surface area contributed by atoms with Crippen molar-refractivity contribution in [3.8, 4) is 0 Å². The lowest BCUT2D eigenvalue weighted by Gasteiger charge is -2.54. The standard InChI is InChI=1S/C12H15NO2S2/c1-10-2-4-11(5-3-10)17(14,15)13-6-12(7-13)8-16-9-12/h2-5H,6-9H2,1H3. The summed E-state index contributed by atoms with van der Waals surface area (Å²) >= 11 is 1.91. The third-order valence-corrected chi connectivity index (χ3v) is 6.94. The van der Waals surface area contributed by atoms with Gasteiger partial charge in [0.1, 0.15) is 0 Å². The number of sulfonamides is 1. The van der Waals surface area contributed by atoms with E-state index in [1.165, 1.54) is 0 Å². The fourth-order valence-electron chi connectivity index (χ4n) is 2.30.